The van der Waals surface area contributed by atoms with Gasteiger partial charge in [0.25, 0.3) is 0 Å². The van der Waals surface area contributed by atoms with E-state index in [0.29, 0.717) is 38.5 Å². The van der Waals surface area contributed by atoms with Crippen LogP contribution in [0.3, 0.4) is 0 Å². The fraction of sp³-hybridized carbons (Fsp3) is 0.0833. The Bertz CT molecular complexity index is 1240. The smallest absolute Gasteiger partial charge is 0.343 e. The van der Waals surface area contributed by atoms with Gasteiger partial charge in [-0.25, -0.2) is 4.79 Å². The molecule has 1 aliphatic heterocycles. The van der Waals surface area contributed by atoms with Gasteiger partial charge >= 0.3 is 5.97 Å². The van der Waals surface area contributed by atoms with Crippen LogP contribution in [-0.4, -0.2) is 36.1 Å². The van der Waals surface area contributed by atoms with Gasteiger partial charge in [-0.15, -0.1) is 5.10 Å². The van der Waals surface area contributed by atoms with Crippen LogP contribution in [-0.2, 0) is 4.79 Å². The zero-order valence-electron chi connectivity index (χ0n) is 17.5. The number of rotatable bonds is 6. The molecule has 1 aliphatic rings. The highest BCUT2D eigenvalue weighted by Gasteiger charge is 2.31. The maximum Gasteiger partial charge on any atom is 0.343 e. The summed E-state index contributed by atoms with van der Waals surface area (Å²) in [6.07, 6.45) is 1.47. The molecule has 0 radical (unpaired) electrons. The third-order valence-corrected chi connectivity index (χ3v) is 5.80. The second-order valence-corrected chi connectivity index (χ2v) is 8.13. The number of hydrogen-bond donors (Lipinski definition) is 0. The number of anilines is 1. The summed E-state index contributed by atoms with van der Waals surface area (Å²) >= 11 is 7.15. The number of esters is 1. The third kappa shape index (κ3) is 5.24. The van der Waals surface area contributed by atoms with Crippen molar-refractivity contribution in [2.24, 2.45) is 10.2 Å². The molecule has 0 unspecified atom stereocenters. The number of carbonyl (C=O) groups excluding carboxylic acids is 2. The van der Waals surface area contributed by atoms with Crippen molar-refractivity contribution in [3.63, 3.8) is 0 Å². The van der Waals surface area contributed by atoms with Gasteiger partial charge in [0.2, 0.25) is 5.91 Å². The zero-order valence-corrected chi connectivity index (χ0v) is 19.0. The van der Waals surface area contributed by atoms with Crippen LogP contribution in [0.5, 0.6) is 11.5 Å². The van der Waals surface area contributed by atoms with Gasteiger partial charge in [-0.1, -0.05) is 47.6 Å². The van der Waals surface area contributed by atoms with Crippen molar-refractivity contribution in [3.8, 4) is 11.5 Å². The average molecular weight is 480 g/mol. The SMILES string of the molecule is COc1ccccc1N1C(=O)CS/C1=N\N=C\c1ccccc1OC(=O)c1ccc(Cl)cc1. The molecule has 166 valence electrons. The first kappa shape index (κ1) is 22.6. The first-order valence-corrected chi connectivity index (χ1v) is 11.2. The fourth-order valence-electron chi connectivity index (χ4n) is 3.05. The van der Waals surface area contributed by atoms with Crippen LogP contribution < -0.4 is 14.4 Å². The number of hydrogen-bond acceptors (Lipinski definition) is 7. The van der Waals surface area contributed by atoms with Crippen molar-refractivity contribution >= 4 is 52.3 Å². The average Bonchev–Trinajstić information content (AvgIpc) is 3.20. The van der Waals surface area contributed by atoms with Gasteiger partial charge in [0.05, 0.1) is 30.3 Å². The van der Waals surface area contributed by atoms with E-state index >= 15 is 0 Å². The van der Waals surface area contributed by atoms with Crippen molar-refractivity contribution in [2.45, 2.75) is 0 Å². The molecule has 1 saturated heterocycles. The zero-order chi connectivity index (χ0) is 23.2. The number of amidine groups is 1. The summed E-state index contributed by atoms with van der Waals surface area (Å²) in [5.41, 5.74) is 1.53. The number of ether oxygens (including phenoxy) is 2. The molecule has 1 amide bonds. The topological polar surface area (TPSA) is 80.6 Å². The van der Waals surface area contributed by atoms with E-state index in [1.165, 1.54) is 22.9 Å². The van der Waals surface area contributed by atoms with Gasteiger partial charge in [-0.2, -0.15) is 5.10 Å². The summed E-state index contributed by atoms with van der Waals surface area (Å²) in [7, 11) is 1.55. The number of thioether (sulfide) groups is 1. The molecule has 0 aromatic heterocycles. The van der Waals surface area contributed by atoms with Gasteiger partial charge in [0, 0.05) is 10.6 Å². The molecule has 4 rings (SSSR count). The van der Waals surface area contributed by atoms with Gasteiger partial charge in [0.15, 0.2) is 5.17 Å². The Balaban J connectivity index is 1.55. The molecule has 7 nitrogen and oxygen atoms in total. The first-order valence-electron chi connectivity index (χ1n) is 9.83. The van der Waals surface area contributed by atoms with E-state index in [0.717, 1.165) is 0 Å². The molecular weight excluding hydrogens is 462 g/mol. The minimum Gasteiger partial charge on any atom is -0.495 e. The Kier molecular flexibility index (Phi) is 7.07. The van der Waals surface area contributed by atoms with Crippen LogP contribution in [0.15, 0.2) is 83.0 Å². The molecule has 3 aromatic carbocycles. The van der Waals surface area contributed by atoms with Gasteiger partial charge in [-0.05, 0) is 48.5 Å². The largest absolute Gasteiger partial charge is 0.495 e. The lowest BCUT2D eigenvalue weighted by atomic mass is 10.2. The van der Waals surface area contributed by atoms with Crippen molar-refractivity contribution in [1.82, 2.24) is 0 Å². The molecule has 0 N–H and O–H groups in total. The molecule has 3 aromatic rings. The summed E-state index contributed by atoms with van der Waals surface area (Å²) in [6, 6.07) is 20.6. The predicted octanol–water partition coefficient (Wildman–Crippen LogP) is 5.04. The van der Waals surface area contributed by atoms with Crippen LogP contribution >= 0.6 is 23.4 Å². The molecule has 0 spiro atoms. The quantitative estimate of drug-likeness (QED) is 0.214. The molecule has 33 heavy (non-hydrogen) atoms. The molecule has 0 atom stereocenters. The summed E-state index contributed by atoms with van der Waals surface area (Å²) < 4.78 is 10.9. The van der Waals surface area contributed by atoms with Crippen LogP contribution in [0.2, 0.25) is 5.02 Å². The van der Waals surface area contributed by atoms with E-state index in [2.05, 4.69) is 10.2 Å². The van der Waals surface area contributed by atoms with Gasteiger partial charge in [-0.3, -0.25) is 9.69 Å². The standard InChI is InChI=1S/C24H18ClN3O4S/c1-31-21-9-5-3-7-19(21)28-22(29)15-33-24(28)27-26-14-17-6-2-4-8-20(17)32-23(30)16-10-12-18(25)13-11-16/h2-14H,15H2,1H3/b26-14+,27-24-. The number of nitrogens with zero attached hydrogens (tertiary/aromatic N) is 3. The molecule has 9 heteroatoms. The monoisotopic (exact) mass is 479 g/mol. The van der Waals surface area contributed by atoms with Crippen molar-refractivity contribution in [1.29, 1.82) is 0 Å². The maximum absolute atomic E-state index is 12.5. The first-order chi connectivity index (χ1) is 16.1. The van der Waals surface area contributed by atoms with Crippen LogP contribution in [0.25, 0.3) is 0 Å². The second-order valence-electron chi connectivity index (χ2n) is 6.75. The summed E-state index contributed by atoms with van der Waals surface area (Å²) in [4.78, 5) is 26.4. The van der Waals surface area contributed by atoms with E-state index < -0.39 is 5.97 Å². The predicted molar refractivity (Wildman–Crippen MR) is 131 cm³/mol. The Labute approximate surface area is 199 Å². The van der Waals surface area contributed by atoms with E-state index in [-0.39, 0.29) is 11.7 Å². The molecule has 0 bridgehead atoms. The lowest BCUT2D eigenvalue weighted by Crippen LogP contribution is -2.29. The number of methoxy groups -OCH3 is 1. The van der Waals surface area contributed by atoms with E-state index in [1.54, 1.807) is 67.8 Å². The number of amides is 1. The minimum atomic E-state index is -0.516. The maximum atomic E-state index is 12.5. The highest BCUT2D eigenvalue weighted by atomic mass is 35.5. The number of benzene rings is 3. The van der Waals surface area contributed by atoms with E-state index in [1.807, 2.05) is 12.1 Å². The fourth-order valence-corrected chi connectivity index (χ4v) is 3.99. The van der Waals surface area contributed by atoms with Crippen molar-refractivity contribution < 1.29 is 19.1 Å². The lowest BCUT2D eigenvalue weighted by Gasteiger charge is -2.17. The minimum absolute atomic E-state index is 0.115. The molecule has 1 heterocycles. The highest BCUT2D eigenvalue weighted by molar-refractivity contribution is 8.15. The van der Waals surface area contributed by atoms with Crippen molar-refractivity contribution in [3.05, 3.63) is 88.9 Å². The van der Waals surface area contributed by atoms with E-state index in [4.69, 9.17) is 21.1 Å². The second kappa shape index (κ2) is 10.3. The summed E-state index contributed by atoms with van der Waals surface area (Å²) in [5.74, 6) is 0.512. The summed E-state index contributed by atoms with van der Waals surface area (Å²) in [5, 5.41) is 9.33. The van der Waals surface area contributed by atoms with Crippen LogP contribution in [0.1, 0.15) is 15.9 Å². The molecular formula is C24H18ClN3O4S. The van der Waals surface area contributed by atoms with Gasteiger partial charge < -0.3 is 9.47 Å². The number of halogens is 1. The highest BCUT2D eigenvalue weighted by Crippen LogP contribution is 2.33. The number of para-hydroxylation sites is 3. The Morgan fingerprint density at radius 2 is 1.73 bits per heavy atom. The normalized spacial score (nSPS) is 14.8. The third-order valence-electron chi connectivity index (χ3n) is 4.63. The lowest BCUT2D eigenvalue weighted by molar-refractivity contribution is -0.115. The molecule has 1 fully saturated rings. The van der Waals surface area contributed by atoms with Crippen molar-refractivity contribution in [2.75, 3.05) is 17.8 Å². The molecule has 0 saturated carbocycles. The van der Waals surface area contributed by atoms with Gasteiger partial charge in [0.1, 0.15) is 11.5 Å². The van der Waals surface area contributed by atoms with Crippen LogP contribution in [0, 0.1) is 0 Å². The summed E-state index contributed by atoms with van der Waals surface area (Å²) in [6.45, 7) is 0. The molecule has 0 aliphatic carbocycles. The Morgan fingerprint density at radius 3 is 2.48 bits per heavy atom. The van der Waals surface area contributed by atoms with Crippen LogP contribution in [0.4, 0.5) is 5.69 Å². The Morgan fingerprint density at radius 1 is 1.03 bits per heavy atom. The number of carbonyl (C=O) groups is 2. The van der Waals surface area contributed by atoms with E-state index in [9.17, 15) is 9.59 Å². The Hall–Kier alpha value is -3.62.